The fourth-order valence-electron chi connectivity index (χ4n) is 4.00. The summed E-state index contributed by atoms with van der Waals surface area (Å²) in [4.78, 5) is 7.52. The molecule has 3 heteroatoms. The van der Waals surface area contributed by atoms with Gasteiger partial charge in [0.15, 0.2) is 0 Å². The largest absolute Gasteiger partial charge is 0.354 e. The van der Waals surface area contributed by atoms with E-state index in [1.807, 2.05) is 13.0 Å². The maximum atomic E-state index is 3.94. The molecule has 0 aliphatic carbocycles. The van der Waals surface area contributed by atoms with Crippen LogP contribution in [0.3, 0.4) is 0 Å². The Balaban J connectivity index is 1.79. The molecular weight excluding hydrogens is 318 g/mol. The lowest BCUT2D eigenvalue weighted by molar-refractivity contribution is 0.460. The molecule has 0 unspecified atom stereocenters. The zero-order valence-corrected chi connectivity index (χ0v) is 15.3. The van der Waals surface area contributed by atoms with Crippen molar-refractivity contribution in [2.75, 3.05) is 13.1 Å². The third-order valence-electron chi connectivity index (χ3n) is 5.34. The molecule has 1 aliphatic heterocycles. The van der Waals surface area contributed by atoms with E-state index in [1.54, 1.807) is 6.20 Å². The Bertz CT molecular complexity index is 1000. The number of rotatable bonds is 4. The summed E-state index contributed by atoms with van der Waals surface area (Å²) < 4.78 is 0. The number of hydrogen-bond acceptors (Lipinski definition) is 2. The molecule has 0 atom stereocenters. The number of nitrogens with zero attached hydrogens (tertiary/aromatic N) is 1. The van der Waals surface area contributed by atoms with E-state index in [1.165, 1.54) is 40.2 Å². The molecule has 2 aromatic carbocycles. The second kappa shape index (κ2) is 7.30. The predicted octanol–water partition coefficient (Wildman–Crippen LogP) is 5.41. The Morgan fingerprint density at radius 3 is 2.69 bits per heavy atom. The van der Waals surface area contributed by atoms with Crippen molar-refractivity contribution in [3.8, 4) is 0 Å². The van der Waals surface area contributed by atoms with Crippen LogP contribution in [-0.2, 0) is 0 Å². The number of allylic oxidation sites excluding steroid dienone is 3. The summed E-state index contributed by atoms with van der Waals surface area (Å²) in [6.07, 6.45) is 8.35. The van der Waals surface area contributed by atoms with Gasteiger partial charge in [0.25, 0.3) is 0 Å². The maximum Gasteiger partial charge on any atom is 0.0471 e. The normalized spacial score (nSPS) is 16.7. The summed E-state index contributed by atoms with van der Waals surface area (Å²) in [5.74, 6) is 0.674. The Kier molecular flexibility index (Phi) is 4.72. The summed E-state index contributed by atoms with van der Waals surface area (Å²) >= 11 is 0. The molecule has 1 aliphatic rings. The van der Waals surface area contributed by atoms with E-state index in [2.05, 4.69) is 64.5 Å². The van der Waals surface area contributed by atoms with Gasteiger partial charge in [-0.15, -0.1) is 0 Å². The molecule has 3 aromatic rings. The molecule has 4 rings (SSSR count). The minimum Gasteiger partial charge on any atom is -0.354 e. The van der Waals surface area contributed by atoms with Gasteiger partial charge in [0, 0.05) is 28.0 Å². The number of nitrogens with one attached hydrogen (secondary N) is 2. The van der Waals surface area contributed by atoms with Gasteiger partial charge in [-0.05, 0) is 80.4 Å². The van der Waals surface area contributed by atoms with Crippen LogP contribution < -0.4 is 5.32 Å². The standard InChI is InChI=1S/C23H25N3/c1-3-4-19(15-24-2)18-5-7-20-21-13-17(16-9-11-25-12-10-16)6-8-22(21)26-23(20)14-18/h3-8,13-16,25-26H,2,9-12H2,1H3/b4-3-,19-15+. The van der Waals surface area contributed by atoms with Crippen molar-refractivity contribution >= 4 is 34.1 Å². The van der Waals surface area contributed by atoms with Crippen molar-refractivity contribution in [3.63, 3.8) is 0 Å². The number of benzene rings is 2. The minimum atomic E-state index is 0.674. The van der Waals surface area contributed by atoms with Gasteiger partial charge < -0.3 is 10.3 Å². The summed E-state index contributed by atoms with van der Waals surface area (Å²) in [5.41, 5.74) is 6.05. The fraction of sp³-hybridized carbons (Fsp3) is 0.261. The predicted molar refractivity (Wildman–Crippen MR) is 113 cm³/mol. The number of piperidine rings is 1. The number of hydrogen-bond donors (Lipinski definition) is 2. The lowest BCUT2D eigenvalue weighted by Crippen LogP contribution is -2.26. The van der Waals surface area contributed by atoms with Crippen LogP contribution in [0.4, 0.5) is 0 Å². The SMILES string of the molecule is C=N/C=C(\C=C/C)c1ccc2c(c1)[nH]c1ccc(C3CCNCC3)cc12. The first-order chi connectivity index (χ1) is 12.8. The molecule has 0 bridgehead atoms. The van der Waals surface area contributed by atoms with Crippen molar-refractivity contribution in [3.05, 3.63) is 65.9 Å². The van der Waals surface area contributed by atoms with Crippen LogP contribution in [0.5, 0.6) is 0 Å². The monoisotopic (exact) mass is 343 g/mol. The van der Waals surface area contributed by atoms with Crippen LogP contribution in [0.2, 0.25) is 0 Å². The average molecular weight is 343 g/mol. The lowest BCUT2D eigenvalue weighted by atomic mass is 9.89. The van der Waals surface area contributed by atoms with E-state index >= 15 is 0 Å². The second-order valence-electron chi connectivity index (χ2n) is 6.98. The molecule has 132 valence electrons. The van der Waals surface area contributed by atoms with Gasteiger partial charge in [0.05, 0.1) is 0 Å². The minimum absolute atomic E-state index is 0.674. The number of aromatic nitrogens is 1. The van der Waals surface area contributed by atoms with Crippen LogP contribution in [0.15, 0.2) is 59.7 Å². The first-order valence-electron chi connectivity index (χ1n) is 9.35. The highest BCUT2D eigenvalue weighted by atomic mass is 14.9. The first kappa shape index (κ1) is 16.8. The van der Waals surface area contributed by atoms with Crippen LogP contribution in [0.1, 0.15) is 36.8 Å². The van der Waals surface area contributed by atoms with Crippen LogP contribution in [0.25, 0.3) is 27.4 Å². The Morgan fingerprint density at radius 2 is 1.92 bits per heavy atom. The zero-order chi connectivity index (χ0) is 17.9. The molecule has 0 spiro atoms. The fourth-order valence-corrected chi connectivity index (χ4v) is 4.00. The Morgan fingerprint density at radius 1 is 1.08 bits per heavy atom. The summed E-state index contributed by atoms with van der Waals surface area (Å²) in [5, 5.41) is 6.06. The van der Waals surface area contributed by atoms with Crippen molar-refractivity contribution in [1.82, 2.24) is 10.3 Å². The summed E-state index contributed by atoms with van der Waals surface area (Å²) in [7, 11) is 0. The topological polar surface area (TPSA) is 40.2 Å². The van der Waals surface area contributed by atoms with Gasteiger partial charge in [-0.1, -0.05) is 30.4 Å². The highest BCUT2D eigenvalue weighted by Crippen LogP contribution is 2.33. The third-order valence-corrected chi connectivity index (χ3v) is 5.34. The first-order valence-corrected chi connectivity index (χ1v) is 9.35. The van der Waals surface area contributed by atoms with Crippen molar-refractivity contribution < 1.29 is 0 Å². The quantitative estimate of drug-likeness (QED) is 0.483. The van der Waals surface area contributed by atoms with Crippen LogP contribution in [-0.4, -0.2) is 24.8 Å². The summed E-state index contributed by atoms with van der Waals surface area (Å²) in [6, 6.07) is 13.5. The molecule has 2 heterocycles. The highest BCUT2D eigenvalue weighted by Gasteiger charge is 2.16. The number of aliphatic imine (C=N–C) groups is 1. The molecule has 2 N–H and O–H groups in total. The smallest absolute Gasteiger partial charge is 0.0471 e. The number of H-pyrrole nitrogens is 1. The van der Waals surface area contributed by atoms with Crippen molar-refractivity contribution in [2.45, 2.75) is 25.7 Å². The molecule has 0 amide bonds. The lowest BCUT2D eigenvalue weighted by Gasteiger charge is -2.23. The molecular formula is C23H25N3. The van der Waals surface area contributed by atoms with Crippen molar-refractivity contribution in [2.24, 2.45) is 4.99 Å². The summed E-state index contributed by atoms with van der Waals surface area (Å²) in [6.45, 7) is 7.85. The maximum absolute atomic E-state index is 3.94. The van der Waals surface area contributed by atoms with E-state index in [0.717, 1.165) is 24.2 Å². The Hall–Kier alpha value is -2.65. The zero-order valence-electron chi connectivity index (χ0n) is 15.3. The van der Waals surface area contributed by atoms with Gasteiger partial charge in [-0.25, -0.2) is 0 Å². The molecule has 0 saturated carbocycles. The van der Waals surface area contributed by atoms with Crippen molar-refractivity contribution in [1.29, 1.82) is 0 Å². The molecule has 1 aromatic heterocycles. The van der Waals surface area contributed by atoms with E-state index < -0.39 is 0 Å². The van der Waals surface area contributed by atoms with Gasteiger partial charge in [0.1, 0.15) is 0 Å². The van der Waals surface area contributed by atoms with E-state index in [0.29, 0.717) is 5.92 Å². The molecule has 26 heavy (non-hydrogen) atoms. The van der Waals surface area contributed by atoms with Gasteiger partial charge in [-0.3, -0.25) is 4.99 Å². The van der Waals surface area contributed by atoms with E-state index in [4.69, 9.17) is 0 Å². The van der Waals surface area contributed by atoms with E-state index in [-0.39, 0.29) is 0 Å². The highest BCUT2D eigenvalue weighted by molar-refractivity contribution is 6.08. The average Bonchev–Trinajstić information content (AvgIpc) is 3.05. The molecule has 1 saturated heterocycles. The number of fused-ring (bicyclic) bond motifs is 3. The van der Waals surface area contributed by atoms with Gasteiger partial charge in [-0.2, -0.15) is 0 Å². The van der Waals surface area contributed by atoms with Crippen LogP contribution in [0, 0.1) is 0 Å². The van der Waals surface area contributed by atoms with Crippen LogP contribution >= 0.6 is 0 Å². The number of aromatic amines is 1. The van der Waals surface area contributed by atoms with E-state index in [9.17, 15) is 0 Å². The Labute approximate surface area is 154 Å². The molecule has 1 fully saturated rings. The molecule has 3 nitrogen and oxygen atoms in total. The van der Waals surface area contributed by atoms with Gasteiger partial charge in [0.2, 0.25) is 0 Å². The van der Waals surface area contributed by atoms with Gasteiger partial charge >= 0.3 is 0 Å². The second-order valence-corrected chi connectivity index (χ2v) is 6.98. The third kappa shape index (κ3) is 3.11. The molecule has 0 radical (unpaired) electrons.